The zero-order chi connectivity index (χ0) is 10.8. The van der Waals surface area contributed by atoms with E-state index in [1.165, 1.54) is 18.4 Å². The second kappa shape index (κ2) is 4.31. The Hall–Kier alpha value is -0.890. The van der Waals surface area contributed by atoms with E-state index in [9.17, 15) is 4.39 Å². The molecule has 0 amide bonds. The van der Waals surface area contributed by atoms with Gasteiger partial charge in [-0.05, 0) is 55.8 Å². The molecule has 0 bridgehead atoms. The summed E-state index contributed by atoms with van der Waals surface area (Å²) in [7, 11) is 0. The Morgan fingerprint density at radius 2 is 1.87 bits per heavy atom. The van der Waals surface area contributed by atoms with Crippen LogP contribution in [0.5, 0.6) is 0 Å². The second-order valence-corrected chi connectivity index (χ2v) is 4.62. The van der Waals surface area contributed by atoms with E-state index >= 15 is 0 Å². The van der Waals surface area contributed by atoms with Crippen molar-refractivity contribution in [3.05, 3.63) is 34.6 Å². The lowest BCUT2D eigenvalue weighted by Crippen LogP contribution is -2.16. The molecule has 1 aromatic carbocycles. The van der Waals surface area contributed by atoms with Gasteiger partial charge in [-0.1, -0.05) is 12.1 Å². The molecular formula is C13H18FN. The molecule has 0 radical (unpaired) electrons. The molecule has 82 valence electrons. The van der Waals surface area contributed by atoms with Gasteiger partial charge in [0.05, 0.1) is 0 Å². The first-order valence-corrected chi connectivity index (χ1v) is 5.63. The maximum absolute atomic E-state index is 13.4. The third kappa shape index (κ3) is 2.78. The van der Waals surface area contributed by atoms with Gasteiger partial charge in [0.2, 0.25) is 0 Å². The topological polar surface area (TPSA) is 12.0 Å². The number of halogens is 1. The van der Waals surface area contributed by atoms with E-state index in [-0.39, 0.29) is 5.82 Å². The Morgan fingerprint density at radius 3 is 2.40 bits per heavy atom. The van der Waals surface area contributed by atoms with E-state index in [0.29, 0.717) is 0 Å². The van der Waals surface area contributed by atoms with Crippen molar-refractivity contribution in [3.63, 3.8) is 0 Å². The quantitative estimate of drug-likeness (QED) is 0.800. The number of aryl methyl sites for hydroxylation is 2. The van der Waals surface area contributed by atoms with E-state index in [1.807, 2.05) is 26.0 Å². The molecule has 1 nitrogen and oxygen atoms in total. The second-order valence-electron chi connectivity index (χ2n) is 4.62. The third-order valence-corrected chi connectivity index (χ3v) is 2.96. The van der Waals surface area contributed by atoms with Crippen LogP contribution in [0.2, 0.25) is 0 Å². The van der Waals surface area contributed by atoms with Gasteiger partial charge in [0.15, 0.2) is 0 Å². The van der Waals surface area contributed by atoms with Crippen molar-refractivity contribution in [2.45, 2.75) is 33.2 Å². The number of rotatable bonds is 4. The fourth-order valence-electron chi connectivity index (χ4n) is 1.88. The molecule has 0 atom stereocenters. The van der Waals surface area contributed by atoms with Crippen molar-refractivity contribution < 1.29 is 4.39 Å². The zero-order valence-corrected chi connectivity index (χ0v) is 9.44. The average Bonchev–Trinajstić information content (AvgIpc) is 2.98. The lowest BCUT2D eigenvalue weighted by atomic mass is 10.1. The zero-order valence-electron chi connectivity index (χ0n) is 9.44. The Kier molecular flexibility index (Phi) is 3.06. The van der Waals surface area contributed by atoms with Gasteiger partial charge >= 0.3 is 0 Å². The summed E-state index contributed by atoms with van der Waals surface area (Å²) in [5.41, 5.74) is 2.68. The molecule has 0 unspecified atom stereocenters. The highest BCUT2D eigenvalue weighted by Gasteiger charge is 2.20. The Labute approximate surface area is 90.7 Å². The van der Waals surface area contributed by atoms with Crippen LogP contribution in [0.3, 0.4) is 0 Å². The van der Waals surface area contributed by atoms with Crippen molar-refractivity contribution in [3.8, 4) is 0 Å². The van der Waals surface area contributed by atoms with Crippen molar-refractivity contribution in [1.82, 2.24) is 5.32 Å². The van der Waals surface area contributed by atoms with E-state index in [4.69, 9.17) is 0 Å². The smallest absolute Gasteiger partial charge is 0.129 e. The molecule has 1 N–H and O–H groups in total. The van der Waals surface area contributed by atoms with E-state index in [2.05, 4.69) is 5.32 Å². The van der Waals surface area contributed by atoms with Crippen molar-refractivity contribution in [2.24, 2.45) is 5.92 Å². The molecule has 1 fully saturated rings. The first-order valence-electron chi connectivity index (χ1n) is 5.63. The third-order valence-electron chi connectivity index (χ3n) is 2.96. The molecule has 0 aromatic heterocycles. The monoisotopic (exact) mass is 207 g/mol. The van der Waals surface area contributed by atoms with Crippen LogP contribution < -0.4 is 5.32 Å². The lowest BCUT2D eigenvalue weighted by molar-refractivity contribution is 0.603. The highest BCUT2D eigenvalue weighted by molar-refractivity contribution is 5.30. The molecule has 1 aliphatic rings. The SMILES string of the molecule is Cc1cc(CNCC2CC2)cc(C)c1F. The molecule has 2 rings (SSSR count). The molecule has 15 heavy (non-hydrogen) atoms. The fourth-order valence-corrected chi connectivity index (χ4v) is 1.88. The highest BCUT2D eigenvalue weighted by atomic mass is 19.1. The summed E-state index contributed by atoms with van der Waals surface area (Å²) in [6.45, 7) is 5.62. The van der Waals surface area contributed by atoms with Gasteiger partial charge in [0.1, 0.15) is 5.82 Å². The van der Waals surface area contributed by atoms with E-state index in [0.717, 1.165) is 30.1 Å². The highest BCUT2D eigenvalue weighted by Crippen LogP contribution is 2.27. The maximum atomic E-state index is 13.4. The van der Waals surface area contributed by atoms with Crippen LogP contribution in [-0.4, -0.2) is 6.54 Å². The Morgan fingerprint density at radius 1 is 1.27 bits per heavy atom. The van der Waals surface area contributed by atoms with Crippen LogP contribution >= 0.6 is 0 Å². The lowest BCUT2D eigenvalue weighted by Gasteiger charge is -2.07. The van der Waals surface area contributed by atoms with Crippen LogP contribution in [0.25, 0.3) is 0 Å². The number of nitrogens with one attached hydrogen (secondary N) is 1. The Bertz CT molecular complexity index is 333. The molecule has 0 spiro atoms. The summed E-state index contributed by atoms with van der Waals surface area (Å²) in [4.78, 5) is 0. The molecular weight excluding hydrogens is 189 g/mol. The van der Waals surface area contributed by atoms with Gasteiger partial charge in [-0.25, -0.2) is 4.39 Å². The van der Waals surface area contributed by atoms with Crippen LogP contribution in [0, 0.1) is 25.6 Å². The number of benzene rings is 1. The number of hydrogen-bond donors (Lipinski definition) is 1. The minimum atomic E-state index is -0.0686. The predicted octanol–water partition coefficient (Wildman–Crippen LogP) is 2.94. The summed E-state index contributed by atoms with van der Waals surface area (Å²) in [6, 6.07) is 3.87. The van der Waals surface area contributed by atoms with Crippen LogP contribution in [0.4, 0.5) is 4.39 Å². The average molecular weight is 207 g/mol. The minimum absolute atomic E-state index is 0.0686. The van der Waals surface area contributed by atoms with Gasteiger partial charge in [-0.2, -0.15) is 0 Å². The number of hydrogen-bond acceptors (Lipinski definition) is 1. The maximum Gasteiger partial charge on any atom is 0.129 e. The normalized spacial score (nSPS) is 15.7. The summed E-state index contributed by atoms with van der Waals surface area (Å²) < 4.78 is 13.4. The largest absolute Gasteiger partial charge is 0.312 e. The van der Waals surface area contributed by atoms with Gasteiger partial charge in [0.25, 0.3) is 0 Å². The first kappa shape index (κ1) is 10.6. The fraction of sp³-hybridized carbons (Fsp3) is 0.538. The van der Waals surface area contributed by atoms with Crippen molar-refractivity contribution in [1.29, 1.82) is 0 Å². The predicted molar refractivity (Wildman–Crippen MR) is 60.3 cm³/mol. The molecule has 0 aliphatic heterocycles. The summed E-state index contributed by atoms with van der Waals surface area (Å²) in [5, 5.41) is 3.42. The molecule has 2 heteroatoms. The molecule has 1 aromatic rings. The van der Waals surface area contributed by atoms with Crippen LogP contribution in [-0.2, 0) is 6.54 Å². The molecule has 1 aliphatic carbocycles. The van der Waals surface area contributed by atoms with Crippen LogP contribution in [0.1, 0.15) is 29.5 Å². The standard InChI is InChI=1S/C13H18FN/c1-9-5-12(6-10(2)13(9)14)8-15-7-11-3-4-11/h5-6,11,15H,3-4,7-8H2,1-2H3. The van der Waals surface area contributed by atoms with Gasteiger partial charge in [-0.15, -0.1) is 0 Å². The molecule has 0 saturated heterocycles. The van der Waals surface area contributed by atoms with Gasteiger partial charge < -0.3 is 5.32 Å². The first-order chi connectivity index (χ1) is 7.16. The van der Waals surface area contributed by atoms with Gasteiger partial charge in [-0.3, -0.25) is 0 Å². The van der Waals surface area contributed by atoms with Crippen molar-refractivity contribution in [2.75, 3.05) is 6.54 Å². The summed E-state index contributed by atoms with van der Waals surface area (Å²) >= 11 is 0. The van der Waals surface area contributed by atoms with Crippen molar-refractivity contribution >= 4 is 0 Å². The molecule has 1 saturated carbocycles. The summed E-state index contributed by atoms with van der Waals surface area (Å²) in [6.07, 6.45) is 2.74. The van der Waals surface area contributed by atoms with E-state index < -0.39 is 0 Å². The van der Waals surface area contributed by atoms with Crippen LogP contribution in [0.15, 0.2) is 12.1 Å². The summed E-state index contributed by atoms with van der Waals surface area (Å²) in [5.74, 6) is 0.827. The minimum Gasteiger partial charge on any atom is -0.312 e. The van der Waals surface area contributed by atoms with Gasteiger partial charge in [0, 0.05) is 6.54 Å². The molecule has 0 heterocycles. The Balaban J connectivity index is 1.94. The van der Waals surface area contributed by atoms with E-state index in [1.54, 1.807) is 0 Å².